The molecule has 0 fully saturated rings. The largest absolute Gasteiger partial charge is 0.497 e. The van der Waals surface area contributed by atoms with E-state index >= 15 is 0 Å². The molecule has 128 valence electrons. The third kappa shape index (κ3) is 3.07. The number of rotatable bonds is 4. The Morgan fingerprint density at radius 3 is 2.48 bits per heavy atom. The van der Waals surface area contributed by atoms with Crippen LogP contribution in [0.25, 0.3) is 0 Å². The van der Waals surface area contributed by atoms with E-state index in [-0.39, 0.29) is 12.1 Å². The molecule has 2 aromatic carbocycles. The lowest BCUT2D eigenvalue weighted by Gasteiger charge is -2.31. The highest BCUT2D eigenvalue weighted by atomic mass is 32.2. The smallest absolute Gasteiger partial charge is 0.243 e. The summed E-state index contributed by atoms with van der Waals surface area (Å²) in [6.07, 6.45) is 2.96. The van der Waals surface area contributed by atoms with Crippen molar-refractivity contribution in [2.45, 2.75) is 23.4 Å². The van der Waals surface area contributed by atoms with Crippen LogP contribution in [0.4, 0.5) is 5.95 Å². The molecule has 7 heteroatoms. The Balaban J connectivity index is 1.66. The molecule has 0 saturated heterocycles. The number of fused-ring (bicyclic) bond motifs is 1. The highest BCUT2D eigenvalue weighted by Gasteiger charge is 2.30. The van der Waals surface area contributed by atoms with Crippen molar-refractivity contribution in [2.24, 2.45) is 0 Å². The number of hydrogen-bond acceptors (Lipinski definition) is 6. The van der Waals surface area contributed by atoms with Gasteiger partial charge in [-0.2, -0.15) is 0 Å². The Hall–Kier alpha value is -2.54. The van der Waals surface area contributed by atoms with Crippen LogP contribution in [-0.2, 0) is 0 Å². The Kier molecular flexibility index (Phi) is 4.31. The van der Waals surface area contributed by atoms with Crippen molar-refractivity contribution in [2.75, 3.05) is 18.7 Å². The molecule has 6 nitrogen and oxygen atoms in total. The highest BCUT2D eigenvalue weighted by Crippen LogP contribution is 2.37. The minimum atomic E-state index is 0.106. The summed E-state index contributed by atoms with van der Waals surface area (Å²) >= 11 is 1.74. The van der Waals surface area contributed by atoms with Gasteiger partial charge in [-0.1, -0.05) is 29.4 Å². The van der Waals surface area contributed by atoms with E-state index in [4.69, 9.17) is 4.74 Å². The average Bonchev–Trinajstić information content (AvgIpc) is 3.16. The van der Waals surface area contributed by atoms with E-state index in [9.17, 15) is 0 Å². The van der Waals surface area contributed by atoms with Gasteiger partial charge in [-0.25, -0.2) is 4.68 Å². The monoisotopic (exact) mass is 353 g/mol. The molecule has 0 bridgehead atoms. The van der Waals surface area contributed by atoms with Crippen LogP contribution in [0.15, 0.2) is 53.4 Å². The number of aromatic nitrogens is 4. The van der Waals surface area contributed by atoms with Gasteiger partial charge >= 0.3 is 0 Å². The van der Waals surface area contributed by atoms with E-state index < -0.39 is 0 Å². The van der Waals surface area contributed by atoms with Gasteiger partial charge in [-0.05, 0) is 58.5 Å². The fourth-order valence-corrected chi connectivity index (χ4v) is 3.60. The van der Waals surface area contributed by atoms with E-state index in [0.717, 1.165) is 12.2 Å². The minimum absolute atomic E-state index is 0.106. The van der Waals surface area contributed by atoms with Gasteiger partial charge in [0, 0.05) is 4.90 Å². The number of anilines is 1. The standard InChI is InChI=1S/C18H19N5OS/c1-24-14-7-3-12(4-8-14)16-11-17(23-18(19-16)20-21-22-23)13-5-9-15(25-2)10-6-13/h3-10,16-17H,11H2,1-2H3,(H,19,20,22)/t16-,17+/m0/s1. The summed E-state index contributed by atoms with van der Waals surface area (Å²) < 4.78 is 7.12. The molecule has 1 aliphatic heterocycles. The number of nitrogens with zero attached hydrogens (tertiary/aromatic N) is 4. The van der Waals surface area contributed by atoms with E-state index in [1.807, 2.05) is 16.8 Å². The fourth-order valence-electron chi connectivity index (χ4n) is 3.20. The van der Waals surface area contributed by atoms with Crippen LogP contribution in [-0.4, -0.2) is 33.6 Å². The third-order valence-corrected chi connectivity index (χ3v) is 5.31. The number of tetrazole rings is 1. The molecule has 0 radical (unpaired) electrons. The first kappa shape index (κ1) is 16.0. The van der Waals surface area contributed by atoms with Crippen LogP contribution in [0, 0.1) is 0 Å². The molecular weight excluding hydrogens is 334 g/mol. The maximum Gasteiger partial charge on any atom is 0.243 e. The normalized spacial score (nSPS) is 19.1. The Morgan fingerprint density at radius 2 is 1.80 bits per heavy atom. The SMILES string of the molecule is COc1ccc([C@@H]2C[C@H](c3ccc(SC)cc3)n3nnnc3N2)cc1. The van der Waals surface area contributed by atoms with E-state index in [1.54, 1.807) is 18.9 Å². The number of methoxy groups -OCH3 is 1. The third-order valence-electron chi connectivity index (χ3n) is 4.57. The lowest BCUT2D eigenvalue weighted by molar-refractivity contribution is 0.412. The summed E-state index contributed by atoms with van der Waals surface area (Å²) in [7, 11) is 1.68. The zero-order valence-corrected chi connectivity index (χ0v) is 14.9. The molecule has 25 heavy (non-hydrogen) atoms. The van der Waals surface area contributed by atoms with Crippen LogP contribution in [0.3, 0.4) is 0 Å². The predicted molar refractivity (Wildman–Crippen MR) is 98.2 cm³/mol. The fraction of sp³-hybridized carbons (Fsp3) is 0.278. The molecule has 2 atom stereocenters. The summed E-state index contributed by atoms with van der Waals surface area (Å²) in [5.41, 5.74) is 2.41. The predicted octanol–water partition coefficient (Wildman–Crippen LogP) is 3.55. The Bertz CT molecular complexity index is 847. The van der Waals surface area contributed by atoms with Gasteiger partial charge < -0.3 is 10.1 Å². The second-order valence-electron chi connectivity index (χ2n) is 5.94. The Labute approximate surface area is 150 Å². The van der Waals surface area contributed by atoms with Crippen molar-refractivity contribution in [3.05, 3.63) is 59.7 Å². The average molecular weight is 353 g/mol. The van der Waals surface area contributed by atoms with Gasteiger partial charge in [-0.15, -0.1) is 11.8 Å². The molecule has 1 N–H and O–H groups in total. The number of ether oxygens (including phenoxy) is 1. The van der Waals surface area contributed by atoms with Gasteiger partial charge in [0.1, 0.15) is 5.75 Å². The summed E-state index contributed by atoms with van der Waals surface area (Å²) in [5, 5.41) is 15.6. The maximum absolute atomic E-state index is 5.25. The maximum atomic E-state index is 5.25. The molecule has 1 aromatic heterocycles. The van der Waals surface area contributed by atoms with Gasteiger partial charge in [-0.3, -0.25) is 0 Å². The summed E-state index contributed by atoms with van der Waals surface area (Å²) in [6, 6.07) is 17.0. The summed E-state index contributed by atoms with van der Waals surface area (Å²) in [4.78, 5) is 1.25. The van der Waals surface area contributed by atoms with Crippen molar-refractivity contribution in [1.29, 1.82) is 0 Å². The Morgan fingerprint density at radius 1 is 1.08 bits per heavy atom. The van der Waals surface area contributed by atoms with Crippen LogP contribution < -0.4 is 10.1 Å². The second-order valence-corrected chi connectivity index (χ2v) is 6.82. The molecule has 4 rings (SSSR count). The molecule has 0 spiro atoms. The van der Waals surface area contributed by atoms with Gasteiger partial charge in [0.2, 0.25) is 5.95 Å². The first-order valence-corrected chi connectivity index (χ1v) is 9.33. The van der Waals surface area contributed by atoms with Crippen LogP contribution in [0.5, 0.6) is 5.75 Å². The van der Waals surface area contributed by atoms with Crippen LogP contribution >= 0.6 is 11.8 Å². The molecule has 0 amide bonds. The highest BCUT2D eigenvalue weighted by molar-refractivity contribution is 7.98. The molecule has 2 heterocycles. The van der Waals surface area contributed by atoms with E-state index in [2.05, 4.69) is 63.5 Å². The lowest BCUT2D eigenvalue weighted by atomic mass is 9.93. The summed E-state index contributed by atoms with van der Waals surface area (Å²) in [6.45, 7) is 0. The lowest BCUT2D eigenvalue weighted by Crippen LogP contribution is -2.28. The zero-order valence-electron chi connectivity index (χ0n) is 14.1. The topological polar surface area (TPSA) is 64.9 Å². The first-order valence-electron chi connectivity index (χ1n) is 8.11. The molecule has 0 aliphatic carbocycles. The number of hydrogen-bond donors (Lipinski definition) is 1. The van der Waals surface area contributed by atoms with Crippen molar-refractivity contribution >= 4 is 17.7 Å². The molecular formula is C18H19N5OS. The number of benzene rings is 2. The minimum Gasteiger partial charge on any atom is -0.497 e. The first-order chi connectivity index (χ1) is 12.3. The van der Waals surface area contributed by atoms with Crippen molar-refractivity contribution in [1.82, 2.24) is 20.2 Å². The molecule has 3 aromatic rings. The number of nitrogens with one attached hydrogen (secondary N) is 1. The quantitative estimate of drug-likeness (QED) is 0.724. The van der Waals surface area contributed by atoms with E-state index in [0.29, 0.717) is 5.95 Å². The number of thioether (sulfide) groups is 1. The second kappa shape index (κ2) is 6.76. The summed E-state index contributed by atoms with van der Waals surface area (Å²) in [5.74, 6) is 1.56. The van der Waals surface area contributed by atoms with Gasteiger partial charge in [0.05, 0.1) is 19.2 Å². The van der Waals surface area contributed by atoms with Crippen molar-refractivity contribution in [3.8, 4) is 5.75 Å². The van der Waals surface area contributed by atoms with E-state index in [1.165, 1.54) is 16.0 Å². The van der Waals surface area contributed by atoms with Crippen molar-refractivity contribution < 1.29 is 4.74 Å². The van der Waals surface area contributed by atoms with Gasteiger partial charge in [0.25, 0.3) is 0 Å². The van der Waals surface area contributed by atoms with Gasteiger partial charge in [0.15, 0.2) is 0 Å². The molecule has 0 saturated carbocycles. The molecule has 0 unspecified atom stereocenters. The van der Waals surface area contributed by atoms with Crippen LogP contribution in [0.2, 0.25) is 0 Å². The van der Waals surface area contributed by atoms with Crippen molar-refractivity contribution in [3.63, 3.8) is 0 Å². The molecule has 1 aliphatic rings. The zero-order chi connectivity index (χ0) is 17.2. The van der Waals surface area contributed by atoms with Crippen LogP contribution in [0.1, 0.15) is 29.6 Å².